The van der Waals surface area contributed by atoms with E-state index >= 15 is 0 Å². The maximum absolute atomic E-state index is 11.7. The molecule has 1 N–H and O–H groups in total. The molecule has 0 aliphatic carbocycles. The van der Waals surface area contributed by atoms with Gasteiger partial charge in [0.15, 0.2) is 17.0 Å². The summed E-state index contributed by atoms with van der Waals surface area (Å²) in [5.41, 5.74) is 4.21. The summed E-state index contributed by atoms with van der Waals surface area (Å²) in [4.78, 5) is 25.7. The van der Waals surface area contributed by atoms with Crippen LogP contribution in [0.25, 0.3) is 22.3 Å². The van der Waals surface area contributed by atoms with E-state index in [0.29, 0.717) is 48.8 Å². The van der Waals surface area contributed by atoms with Crippen molar-refractivity contribution in [2.24, 2.45) is 0 Å². The van der Waals surface area contributed by atoms with Crippen molar-refractivity contribution in [2.45, 2.75) is 59.7 Å². The van der Waals surface area contributed by atoms with Gasteiger partial charge in [-0.1, -0.05) is 37.6 Å². The molecule has 0 spiro atoms. The smallest absolute Gasteiger partial charge is 0.327 e. The van der Waals surface area contributed by atoms with Crippen molar-refractivity contribution in [2.75, 3.05) is 25.6 Å². The molecular formula is C27H35N7O4. The van der Waals surface area contributed by atoms with Crippen molar-refractivity contribution in [1.82, 2.24) is 29.3 Å². The van der Waals surface area contributed by atoms with Crippen molar-refractivity contribution < 1.29 is 19.0 Å². The third kappa shape index (κ3) is 6.39. The number of esters is 1. The standard InChI is InChI=1S/C27H35N7O4/c1-6-8-13-38-26-31-24(29-18(3)4)23-25(32-26)34(27(30-23)36-5)15-19-9-11-20(12-10-19)21-14-28-33(16-21)17-22(35)37-7-2/h9-12,14,16,18H,6-8,13,15,17H2,1-5H3,(H,29,31,32). The zero-order valence-electron chi connectivity index (χ0n) is 22.6. The summed E-state index contributed by atoms with van der Waals surface area (Å²) in [7, 11) is 1.59. The van der Waals surface area contributed by atoms with Gasteiger partial charge < -0.3 is 19.5 Å². The van der Waals surface area contributed by atoms with Crippen molar-refractivity contribution in [3.8, 4) is 23.1 Å². The maximum Gasteiger partial charge on any atom is 0.327 e. The molecule has 0 radical (unpaired) electrons. The number of imidazole rings is 1. The highest BCUT2D eigenvalue weighted by Crippen LogP contribution is 2.29. The van der Waals surface area contributed by atoms with Crippen LogP contribution in [-0.4, -0.2) is 61.6 Å². The fourth-order valence-electron chi connectivity index (χ4n) is 3.93. The van der Waals surface area contributed by atoms with Crippen molar-refractivity contribution in [1.29, 1.82) is 0 Å². The Bertz CT molecular complexity index is 1360. The summed E-state index contributed by atoms with van der Waals surface area (Å²) in [6.45, 7) is 9.45. The maximum atomic E-state index is 11.7. The third-order valence-corrected chi connectivity index (χ3v) is 5.73. The monoisotopic (exact) mass is 521 g/mol. The Morgan fingerprint density at radius 2 is 1.87 bits per heavy atom. The average molecular weight is 522 g/mol. The summed E-state index contributed by atoms with van der Waals surface area (Å²) < 4.78 is 19.9. The van der Waals surface area contributed by atoms with Crippen molar-refractivity contribution in [3.05, 3.63) is 42.2 Å². The number of anilines is 1. The van der Waals surface area contributed by atoms with Crippen LogP contribution in [0.5, 0.6) is 12.0 Å². The van der Waals surface area contributed by atoms with E-state index in [9.17, 15) is 4.79 Å². The Balaban J connectivity index is 1.60. The number of methoxy groups -OCH3 is 1. The summed E-state index contributed by atoms with van der Waals surface area (Å²) in [6, 6.07) is 9.03. The number of unbranched alkanes of at least 4 members (excludes halogenated alkanes) is 1. The molecule has 0 aliphatic rings. The molecule has 0 saturated carbocycles. The minimum absolute atomic E-state index is 0.0824. The van der Waals surface area contributed by atoms with Gasteiger partial charge in [-0.2, -0.15) is 20.1 Å². The zero-order chi connectivity index (χ0) is 27.1. The molecule has 202 valence electrons. The highest BCUT2D eigenvalue weighted by Gasteiger charge is 2.20. The first-order valence-electron chi connectivity index (χ1n) is 12.9. The van der Waals surface area contributed by atoms with Crippen molar-refractivity contribution >= 4 is 23.0 Å². The Labute approximate surface area is 222 Å². The molecule has 4 rings (SSSR count). The normalized spacial score (nSPS) is 11.2. The van der Waals surface area contributed by atoms with E-state index in [1.165, 1.54) is 0 Å². The van der Waals surface area contributed by atoms with E-state index < -0.39 is 0 Å². The summed E-state index contributed by atoms with van der Waals surface area (Å²) >= 11 is 0. The van der Waals surface area contributed by atoms with Crippen LogP contribution in [0.2, 0.25) is 0 Å². The second-order valence-electron chi connectivity index (χ2n) is 9.14. The number of nitrogens with zero attached hydrogens (tertiary/aromatic N) is 6. The van der Waals surface area contributed by atoms with Gasteiger partial charge in [0.1, 0.15) is 6.54 Å². The minimum atomic E-state index is -0.312. The number of carbonyl (C=O) groups is 1. The number of carbonyl (C=O) groups excluding carboxylic acids is 1. The minimum Gasteiger partial charge on any atom is -0.468 e. The van der Waals surface area contributed by atoms with Gasteiger partial charge in [-0.3, -0.25) is 14.0 Å². The van der Waals surface area contributed by atoms with E-state index in [0.717, 1.165) is 29.5 Å². The number of fused-ring (bicyclic) bond motifs is 1. The fourth-order valence-corrected chi connectivity index (χ4v) is 3.93. The highest BCUT2D eigenvalue weighted by molar-refractivity contribution is 5.84. The zero-order valence-corrected chi connectivity index (χ0v) is 22.6. The van der Waals surface area contributed by atoms with E-state index in [1.54, 1.807) is 24.9 Å². The molecular weight excluding hydrogens is 486 g/mol. The Morgan fingerprint density at radius 3 is 2.55 bits per heavy atom. The second-order valence-corrected chi connectivity index (χ2v) is 9.14. The first-order valence-corrected chi connectivity index (χ1v) is 12.9. The first kappa shape index (κ1) is 26.9. The SMILES string of the molecule is CCCCOc1nc(NC(C)C)c2nc(OC)n(Cc3ccc(-c4cnn(CC(=O)OCC)c4)cc3)c2n1. The van der Waals surface area contributed by atoms with Crippen LogP contribution in [0.1, 0.15) is 46.1 Å². The Hall–Kier alpha value is -4.15. The second kappa shape index (κ2) is 12.4. The van der Waals surface area contributed by atoms with Crippen LogP contribution < -0.4 is 14.8 Å². The van der Waals surface area contributed by atoms with Gasteiger partial charge in [0.2, 0.25) is 0 Å². The fraction of sp³-hybridized carbons (Fsp3) is 0.444. The summed E-state index contributed by atoms with van der Waals surface area (Å²) in [5, 5.41) is 7.63. The largest absolute Gasteiger partial charge is 0.468 e. The number of benzene rings is 1. The molecule has 0 amide bonds. The predicted molar refractivity (Wildman–Crippen MR) is 144 cm³/mol. The number of aromatic nitrogens is 6. The quantitative estimate of drug-likeness (QED) is 0.203. The van der Waals surface area contributed by atoms with E-state index in [1.807, 2.05) is 48.9 Å². The van der Waals surface area contributed by atoms with Gasteiger partial charge in [-0.25, -0.2) is 0 Å². The molecule has 3 aromatic heterocycles. The van der Waals surface area contributed by atoms with Gasteiger partial charge >= 0.3 is 12.0 Å². The molecule has 11 nitrogen and oxygen atoms in total. The lowest BCUT2D eigenvalue weighted by atomic mass is 10.1. The Kier molecular flexibility index (Phi) is 8.77. The van der Waals surface area contributed by atoms with Gasteiger partial charge in [-0.05, 0) is 38.3 Å². The topological polar surface area (TPSA) is 118 Å². The summed E-state index contributed by atoms with van der Waals surface area (Å²) in [5.74, 6) is 0.303. The number of ether oxygens (including phenoxy) is 3. The van der Waals surface area contributed by atoms with Gasteiger partial charge in [0, 0.05) is 17.8 Å². The molecule has 11 heteroatoms. The molecule has 0 aliphatic heterocycles. The highest BCUT2D eigenvalue weighted by atomic mass is 16.5. The molecule has 0 bridgehead atoms. The molecule has 4 aromatic rings. The molecule has 1 aromatic carbocycles. The number of nitrogens with one attached hydrogen (secondary N) is 1. The molecule has 0 saturated heterocycles. The summed E-state index contributed by atoms with van der Waals surface area (Å²) in [6.07, 6.45) is 5.51. The van der Waals surface area contributed by atoms with Crippen LogP contribution in [0.3, 0.4) is 0 Å². The van der Waals surface area contributed by atoms with Crippen LogP contribution in [0.15, 0.2) is 36.7 Å². The van der Waals surface area contributed by atoms with Gasteiger partial charge in [-0.15, -0.1) is 0 Å². The lowest BCUT2D eigenvalue weighted by molar-refractivity contribution is -0.144. The van der Waals surface area contributed by atoms with Gasteiger partial charge in [0.25, 0.3) is 6.01 Å². The first-order chi connectivity index (χ1) is 18.4. The van der Waals surface area contributed by atoms with Crippen LogP contribution >= 0.6 is 0 Å². The average Bonchev–Trinajstić information content (AvgIpc) is 3.49. The lowest BCUT2D eigenvalue weighted by Gasteiger charge is -2.12. The number of rotatable bonds is 13. The molecule has 3 heterocycles. The molecule has 0 unspecified atom stereocenters. The van der Waals surface area contributed by atoms with Gasteiger partial charge in [0.05, 0.1) is 33.1 Å². The van der Waals surface area contributed by atoms with E-state index in [-0.39, 0.29) is 18.6 Å². The third-order valence-electron chi connectivity index (χ3n) is 5.73. The number of hydrogen-bond donors (Lipinski definition) is 1. The number of hydrogen-bond acceptors (Lipinski definition) is 9. The molecule has 38 heavy (non-hydrogen) atoms. The van der Waals surface area contributed by atoms with Crippen molar-refractivity contribution in [3.63, 3.8) is 0 Å². The van der Waals surface area contributed by atoms with Crippen LogP contribution in [0.4, 0.5) is 5.82 Å². The van der Waals surface area contributed by atoms with Crippen LogP contribution in [-0.2, 0) is 22.6 Å². The molecule has 0 fully saturated rings. The van der Waals surface area contributed by atoms with Crippen LogP contribution in [0, 0.1) is 0 Å². The lowest BCUT2D eigenvalue weighted by Crippen LogP contribution is -2.13. The van der Waals surface area contributed by atoms with E-state index in [2.05, 4.69) is 32.3 Å². The molecule has 0 atom stereocenters. The Morgan fingerprint density at radius 1 is 1.08 bits per heavy atom. The van der Waals surface area contributed by atoms with E-state index in [4.69, 9.17) is 14.2 Å². The predicted octanol–water partition coefficient (Wildman–Crippen LogP) is 4.31.